The molecule has 0 aliphatic rings. The van der Waals surface area contributed by atoms with Gasteiger partial charge in [0, 0.05) is 5.02 Å². The lowest BCUT2D eigenvalue weighted by Gasteiger charge is -2.09. The van der Waals surface area contributed by atoms with E-state index < -0.39 is 0 Å². The van der Waals surface area contributed by atoms with Gasteiger partial charge in [-0.25, -0.2) is 0 Å². The number of amides is 1. The molecule has 0 spiro atoms. The van der Waals surface area contributed by atoms with Crippen LogP contribution < -0.4 is 10.1 Å². The summed E-state index contributed by atoms with van der Waals surface area (Å²) in [5.41, 5.74) is 3.38. The minimum Gasteiger partial charge on any atom is -0.492 e. The van der Waals surface area contributed by atoms with Crippen LogP contribution in [-0.2, 0) is 11.2 Å². The van der Waals surface area contributed by atoms with Crippen molar-refractivity contribution in [1.82, 2.24) is 5.32 Å². The number of halogens is 1. The summed E-state index contributed by atoms with van der Waals surface area (Å²) >= 11 is 5.81. The number of ether oxygens (including phenoxy) is 1. The van der Waals surface area contributed by atoms with E-state index >= 15 is 0 Å². The zero-order valence-electron chi connectivity index (χ0n) is 12.9. The molecule has 116 valence electrons. The molecular formula is C18H20ClNO2. The van der Waals surface area contributed by atoms with Crippen molar-refractivity contribution in [2.24, 2.45) is 0 Å². The maximum absolute atomic E-state index is 11.8. The Labute approximate surface area is 136 Å². The van der Waals surface area contributed by atoms with E-state index in [0.717, 1.165) is 11.3 Å². The maximum Gasteiger partial charge on any atom is 0.224 e. The molecule has 0 atom stereocenters. The SMILES string of the molecule is Cc1ccc(OCCNC(=O)Cc2ccc(Cl)cc2)cc1C. The van der Waals surface area contributed by atoms with Crippen LogP contribution in [0.5, 0.6) is 5.75 Å². The minimum atomic E-state index is -0.0222. The second-order valence-electron chi connectivity index (χ2n) is 5.25. The normalized spacial score (nSPS) is 10.3. The number of benzene rings is 2. The molecule has 0 saturated heterocycles. The number of hydrogen-bond donors (Lipinski definition) is 1. The van der Waals surface area contributed by atoms with Crippen LogP contribution in [0.4, 0.5) is 0 Å². The fourth-order valence-corrected chi connectivity index (χ4v) is 2.14. The molecule has 4 heteroatoms. The summed E-state index contributed by atoms with van der Waals surface area (Å²) in [6.45, 7) is 5.06. The van der Waals surface area contributed by atoms with Crippen molar-refractivity contribution >= 4 is 17.5 Å². The first-order valence-corrected chi connectivity index (χ1v) is 7.63. The van der Waals surface area contributed by atoms with E-state index in [2.05, 4.69) is 19.2 Å². The van der Waals surface area contributed by atoms with Gasteiger partial charge in [0.15, 0.2) is 0 Å². The van der Waals surface area contributed by atoms with E-state index in [4.69, 9.17) is 16.3 Å². The standard InChI is InChI=1S/C18H20ClNO2/c1-13-3-8-17(11-14(13)2)22-10-9-20-18(21)12-15-4-6-16(19)7-5-15/h3-8,11H,9-10,12H2,1-2H3,(H,20,21). The van der Waals surface area contributed by atoms with E-state index in [1.54, 1.807) is 12.1 Å². The van der Waals surface area contributed by atoms with E-state index in [-0.39, 0.29) is 5.91 Å². The molecular weight excluding hydrogens is 298 g/mol. The molecule has 0 saturated carbocycles. The molecule has 3 nitrogen and oxygen atoms in total. The lowest BCUT2D eigenvalue weighted by Crippen LogP contribution is -2.29. The predicted molar refractivity (Wildman–Crippen MR) is 89.6 cm³/mol. The average molecular weight is 318 g/mol. The number of hydrogen-bond acceptors (Lipinski definition) is 2. The smallest absolute Gasteiger partial charge is 0.224 e. The van der Waals surface area contributed by atoms with Gasteiger partial charge < -0.3 is 10.1 Å². The molecule has 0 aliphatic carbocycles. The Kier molecular flexibility index (Phi) is 5.84. The fraction of sp³-hybridized carbons (Fsp3) is 0.278. The summed E-state index contributed by atoms with van der Waals surface area (Å²) < 4.78 is 5.63. The second-order valence-corrected chi connectivity index (χ2v) is 5.68. The molecule has 0 radical (unpaired) electrons. The lowest BCUT2D eigenvalue weighted by atomic mass is 10.1. The summed E-state index contributed by atoms with van der Waals surface area (Å²) in [4.78, 5) is 11.8. The second kappa shape index (κ2) is 7.85. The van der Waals surface area contributed by atoms with Crippen LogP contribution in [-0.4, -0.2) is 19.1 Å². The number of nitrogens with one attached hydrogen (secondary N) is 1. The van der Waals surface area contributed by atoms with Crippen molar-refractivity contribution in [3.63, 3.8) is 0 Å². The molecule has 2 aromatic rings. The molecule has 0 bridgehead atoms. The van der Waals surface area contributed by atoms with Crippen LogP contribution in [0.3, 0.4) is 0 Å². The average Bonchev–Trinajstić information content (AvgIpc) is 2.49. The van der Waals surface area contributed by atoms with Gasteiger partial charge in [0.2, 0.25) is 5.91 Å². The highest BCUT2D eigenvalue weighted by atomic mass is 35.5. The number of aryl methyl sites for hydroxylation is 2. The van der Waals surface area contributed by atoms with Gasteiger partial charge in [0.05, 0.1) is 13.0 Å². The Morgan fingerprint density at radius 3 is 2.50 bits per heavy atom. The first kappa shape index (κ1) is 16.4. The van der Waals surface area contributed by atoms with Crippen LogP contribution >= 0.6 is 11.6 Å². The molecule has 0 heterocycles. The summed E-state index contributed by atoms with van der Waals surface area (Å²) in [6, 6.07) is 13.3. The van der Waals surface area contributed by atoms with Gasteiger partial charge >= 0.3 is 0 Å². The summed E-state index contributed by atoms with van der Waals surface area (Å²) in [5, 5.41) is 3.52. The van der Waals surface area contributed by atoms with Gasteiger partial charge in [0.1, 0.15) is 12.4 Å². The highest BCUT2D eigenvalue weighted by Gasteiger charge is 2.03. The van der Waals surface area contributed by atoms with Gasteiger partial charge in [0.25, 0.3) is 0 Å². The largest absolute Gasteiger partial charge is 0.492 e. The monoisotopic (exact) mass is 317 g/mol. The van der Waals surface area contributed by atoms with Crippen LogP contribution in [0.1, 0.15) is 16.7 Å². The first-order valence-electron chi connectivity index (χ1n) is 7.26. The topological polar surface area (TPSA) is 38.3 Å². The van der Waals surface area contributed by atoms with Gasteiger partial charge in [-0.05, 0) is 54.8 Å². The predicted octanol–water partition coefficient (Wildman–Crippen LogP) is 3.69. The Hall–Kier alpha value is -2.00. The van der Waals surface area contributed by atoms with Crippen LogP contribution in [0.25, 0.3) is 0 Å². The highest BCUT2D eigenvalue weighted by Crippen LogP contribution is 2.16. The third-order valence-corrected chi connectivity index (χ3v) is 3.70. The summed E-state index contributed by atoms with van der Waals surface area (Å²) in [7, 11) is 0. The molecule has 2 rings (SSSR count). The molecule has 0 unspecified atom stereocenters. The molecule has 0 aromatic heterocycles. The van der Waals surface area contributed by atoms with Gasteiger partial charge in [-0.3, -0.25) is 4.79 Å². The van der Waals surface area contributed by atoms with E-state index in [0.29, 0.717) is 24.6 Å². The molecule has 0 aliphatic heterocycles. The summed E-state index contributed by atoms with van der Waals surface area (Å²) in [5.74, 6) is 0.807. The third kappa shape index (κ3) is 5.08. The van der Waals surface area contributed by atoms with Crippen LogP contribution in [0.15, 0.2) is 42.5 Å². The highest BCUT2D eigenvalue weighted by molar-refractivity contribution is 6.30. The van der Waals surface area contributed by atoms with Crippen LogP contribution in [0.2, 0.25) is 5.02 Å². The Balaban J connectivity index is 1.70. The Bertz CT molecular complexity index is 638. The zero-order valence-corrected chi connectivity index (χ0v) is 13.6. The van der Waals surface area contributed by atoms with Gasteiger partial charge in [-0.15, -0.1) is 0 Å². The van der Waals surface area contributed by atoms with Crippen molar-refractivity contribution in [3.05, 3.63) is 64.2 Å². The molecule has 22 heavy (non-hydrogen) atoms. The van der Waals surface area contributed by atoms with E-state index in [1.807, 2.05) is 30.3 Å². The third-order valence-electron chi connectivity index (χ3n) is 3.45. The zero-order chi connectivity index (χ0) is 15.9. The van der Waals surface area contributed by atoms with Crippen LogP contribution in [0, 0.1) is 13.8 Å². The maximum atomic E-state index is 11.8. The van der Waals surface area contributed by atoms with Crippen molar-refractivity contribution in [1.29, 1.82) is 0 Å². The van der Waals surface area contributed by atoms with Gasteiger partial charge in [-0.2, -0.15) is 0 Å². The first-order chi connectivity index (χ1) is 10.5. The van der Waals surface area contributed by atoms with Crippen molar-refractivity contribution in [2.75, 3.05) is 13.2 Å². The Morgan fingerprint density at radius 1 is 1.09 bits per heavy atom. The van der Waals surface area contributed by atoms with E-state index in [1.165, 1.54) is 11.1 Å². The van der Waals surface area contributed by atoms with Crippen molar-refractivity contribution < 1.29 is 9.53 Å². The lowest BCUT2D eigenvalue weighted by molar-refractivity contribution is -0.120. The number of carbonyl (C=O) groups excluding carboxylic acids is 1. The summed E-state index contributed by atoms with van der Waals surface area (Å²) in [6.07, 6.45) is 0.348. The Morgan fingerprint density at radius 2 is 1.82 bits per heavy atom. The quantitative estimate of drug-likeness (QED) is 0.825. The number of rotatable bonds is 6. The molecule has 2 aromatic carbocycles. The van der Waals surface area contributed by atoms with Gasteiger partial charge in [-0.1, -0.05) is 29.8 Å². The van der Waals surface area contributed by atoms with Crippen molar-refractivity contribution in [3.8, 4) is 5.75 Å². The fourth-order valence-electron chi connectivity index (χ4n) is 2.01. The molecule has 1 amide bonds. The molecule has 0 fully saturated rings. The molecule has 1 N–H and O–H groups in total. The number of carbonyl (C=O) groups is 1. The minimum absolute atomic E-state index is 0.0222. The van der Waals surface area contributed by atoms with Crippen molar-refractivity contribution in [2.45, 2.75) is 20.3 Å². The van der Waals surface area contributed by atoms with E-state index in [9.17, 15) is 4.79 Å².